The Balaban J connectivity index is -0.000000258. The van der Waals surface area contributed by atoms with Crippen molar-refractivity contribution < 1.29 is 31.9 Å². The van der Waals surface area contributed by atoms with Crippen LogP contribution >= 0.6 is 0 Å². The molecular weight excluding hydrogens is 224 g/mol. The van der Waals surface area contributed by atoms with Crippen LogP contribution in [0.5, 0.6) is 0 Å². The topological polar surface area (TPSA) is 40.5 Å². The normalized spacial score (nSPS) is 16.5. The standard InChI is InChI=1S/C10H15.2CH4O.Ti/c1-7-6-10(4,5)9(3)8(7)2;2*1-2;/h1-5H3;2*2H,1H3;/q-1;;;. The quantitative estimate of drug-likeness (QED) is 0.509. The second-order valence-electron chi connectivity index (χ2n) is 3.62. The number of aliphatic hydroxyl groups is 2. The Labute approximate surface area is 109 Å². The molecule has 88 valence electrons. The SMILES string of the molecule is CC1=[C-]C(C)(C)C(C)=C1C.CO.CO.[Ti]. The van der Waals surface area contributed by atoms with Gasteiger partial charge < -0.3 is 10.2 Å². The average molecular weight is 247 g/mol. The third kappa shape index (κ3) is 5.67. The van der Waals surface area contributed by atoms with Gasteiger partial charge in [0, 0.05) is 35.9 Å². The summed E-state index contributed by atoms with van der Waals surface area (Å²) in [7, 11) is 2.00. The molecule has 0 amide bonds. The Kier molecular flexibility index (Phi) is 12.8. The van der Waals surface area contributed by atoms with E-state index in [1.54, 1.807) is 0 Å². The van der Waals surface area contributed by atoms with E-state index in [9.17, 15) is 0 Å². The second-order valence-corrected chi connectivity index (χ2v) is 3.62. The molecule has 0 aromatic rings. The van der Waals surface area contributed by atoms with Gasteiger partial charge in [-0.05, 0) is 0 Å². The van der Waals surface area contributed by atoms with Crippen LogP contribution in [-0.4, -0.2) is 24.4 Å². The fraction of sp³-hybridized carbons (Fsp3) is 0.667. The van der Waals surface area contributed by atoms with Crippen LogP contribution in [0.15, 0.2) is 16.7 Å². The summed E-state index contributed by atoms with van der Waals surface area (Å²) in [6.07, 6.45) is 3.44. The molecular formula is C12H23O2Ti-. The second kappa shape index (κ2) is 9.35. The van der Waals surface area contributed by atoms with Gasteiger partial charge in [0.2, 0.25) is 0 Å². The summed E-state index contributed by atoms with van der Waals surface area (Å²) < 4.78 is 0. The van der Waals surface area contributed by atoms with Crippen molar-refractivity contribution in [3.8, 4) is 0 Å². The summed E-state index contributed by atoms with van der Waals surface area (Å²) in [6.45, 7) is 10.9. The van der Waals surface area contributed by atoms with Crippen LogP contribution in [0.1, 0.15) is 34.6 Å². The van der Waals surface area contributed by atoms with Crippen LogP contribution in [0.25, 0.3) is 0 Å². The molecule has 0 aromatic heterocycles. The van der Waals surface area contributed by atoms with Gasteiger partial charge in [-0.25, -0.2) is 5.57 Å². The first-order valence-corrected chi connectivity index (χ1v) is 4.64. The van der Waals surface area contributed by atoms with Crippen molar-refractivity contribution in [1.29, 1.82) is 0 Å². The zero-order valence-corrected chi connectivity index (χ0v) is 12.5. The molecule has 0 spiro atoms. The molecule has 1 aliphatic rings. The molecule has 2 nitrogen and oxygen atoms in total. The summed E-state index contributed by atoms with van der Waals surface area (Å²) in [5, 5.41) is 14.0. The molecule has 0 radical (unpaired) electrons. The van der Waals surface area contributed by atoms with E-state index in [1.807, 2.05) is 0 Å². The van der Waals surface area contributed by atoms with E-state index in [2.05, 4.69) is 40.7 Å². The summed E-state index contributed by atoms with van der Waals surface area (Å²) in [4.78, 5) is 0. The number of allylic oxidation sites excluding steroid dienone is 4. The van der Waals surface area contributed by atoms with Gasteiger partial charge in [-0.3, -0.25) is 6.08 Å². The van der Waals surface area contributed by atoms with Crippen LogP contribution in [0, 0.1) is 11.5 Å². The number of hydrogen-bond acceptors (Lipinski definition) is 2. The summed E-state index contributed by atoms with van der Waals surface area (Å²) in [5.74, 6) is 0. The third-order valence-electron chi connectivity index (χ3n) is 2.56. The maximum atomic E-state index is 7.00. The van der Waals surface area contributed by atoms with E-state index in [-0.39, 0.29) is 27.1 Å². The van der Waals surface area contributed by atoms with Crippen molar-refractivity contribution in [2.75, 3.05) is 14.2 Å². The molecule has 3 heteroatoms. The molecule has 0 heterocycles. The van der Waals surface area contributed by atoms with E-state index in [1.165, 1.54) is 16.7 Å². The van der Waals surface area contributed by atoms with Crippen LogP contribution in [0.2, 0.25) is 0 Å². The van der Waals surface area contributed by atoms with Crippen molar-refractivity contribution in [1.82, 2.24) is 0 Å². The molecule has 0 fully saturated rings. The summed E-state index contributed by atoms with van der Waals surface area (Å²) in [6, 6.07) is 0. The van der Waals surface area contributed by atoms with Crippen molar-refractivity contribution in [3.63, 3.8) is 0 Å². The minimum atomic E-state index is 0. The van der Waals surface area contributed by atoms with Crippen LogP contribution in [-0.2, 0) is 21.7 Å². The predicted octanol–water partition coefficient (Wildman–Crippen LogP) is 2.33. The van der Waals surface area contributed by atoms with Crippen LogP contribution in [0.3, 0.4) is 0 Å². The van der Waals surface area contributed by atoms with E-state index in [0.29, 0.717) is 0 Å². The Morgan fingerprint density at radius 1 is 0.933 bits per heavy atom. The van der Waals surface area contributed by atoms with Crippen molar-refractivity contribution in [3.05, 3.63) is 22.8 Å². The molecule has 1 rings (SSSR count). The molecule has 15 heavy (non-hydrogen) atoms. The monoisotopic (exact) mass is 247 g/mol. The van der Waals surface area contributed by atoms with Crippen molar-refractivity contribution in [2.45, 2.75) is 34.6 Å². The summed E-state index contributed by atoms with van der Waals surface area (Å²) >= 11 is 0. The average Bonchev–Trinajstić information content (AvgIpc) is 2.36. The van der Waals surface area contributed by atoms with Gasteiger partial charge in [-0.15, -0.1) is 6.92 Å². The van der Waals surface area contributed by atoms with E-state index in [0.717, 1.165) is 14.2 Å². The van der Waals surface area contributed by atoms with Gasteiger partial charge in [0.15, 0.2) is 0 Å². The fourth-order valence-electron chi connectivity index (χ4n) is 1.41. The Morgan fingerprint density at radius 3 is 1.33 bits per heavy atom. The number of hydrogen-bond donors (Lipinski definition) is 2. The van der Waals surface area contributed by atoms with Gasteiger partial charge in [0.25, 0.3) is 0 Å². The molecule has 0 aromatic carbocycles. The molecule has 0 bridgehead atoms. The van der Waals surface area contributed by atoms with Crippen molar-refractivity contribution in [2.24, 2.45) is 5.41 Å². The Bertz CT molecular complexity index is 228. The van der Waals surface area contributed by atoms with Crippen LogP contribution < -0.4 is 0 Å². The fourth-order valence-corrected chi connectivity index (χ4v) is 1.41. The van der Waals surface area contributed by atoms with E-state index >= 15 is 0 Å². The molecule has 0 saturated carbocycles. The first kappa shape index (κ1) is 20.5. The number of rotatable bonds is 0. The zero-order chi connectivity index (χ0) is 11.9. The van der Waals surface area contributed by atoms with Gasteiger partial charge in [0.1, 0.15) is 0 Å². The van der Waals surface area contributed by atoms with Gasteiger partial charge in [-0.1, -0.05) is 33.1 Å². The van der Waals surface area contributed by atoms with Crippen LogP contribution in [0.4, 0.5) is 0 Å². The number of aliphatic hydroxyl groups excluding tert-OH is 2. The Hall–Kier alpha value is 0.114. The maximum absolute atomic E-state index is 7.00. The molecule has 0 aliphatic heterocycles. The van der Waals surface area contributed by atoms with Gasteiger partial charge in [-0.2, -0.15) is 11.1 Å². The first-order valence-electron chi connectivity index (χ1n) is 4.64. The zero-order valence-electron chi connectivity index (χ0n) is 10.9. The molecule has 1 aliphatic carbocycles. The van der Waals surface area contributed by atoms with E-state index < -0.39 is 0 Å². The molecule has 0 unspecified atom stereocenters. The largest absolute Gasteiger partial charge is 0.400 e. The first-order chi connectivity index (χ1) is 6.45. The Morgan fingerprint density at radius 2 is 1.27 bits per heavy atom. The minimum absolute atomic E-state index is 0. The maximum Gasteiger partial charge on any atom is 0.0319 e. The van der Waals surface area contributed by atoms with Crippen molar-refractivity contribution >= 4 is 0 Å². The predicted molar refractivity (Wildman–Crippen MR) is 60.9 cm³/mol. The van der Waals surface area contributed by atoms with E-state index in [4.69, 9.17) is 10.2 Å². The minimum Gasteiger partial charge on any atom is -0.400 e. The molecule has 0 saturated heterocycles. The third-order valence-corrected chi connectivity index (χ3v) is 2.56. The molecule has 0 atom stereocenters. The molecule has 2 N–H and O–H groups in total. The van der Waals surface area contributed by atoms with Gasteiger partial charge in [0.05, 0.1) is 0 Å². The smallest absolute Gasteiger partial charge is 0.0319 e. The summed E-state index contributed by atoms with van der Waals surface area (Å²) in [5.41, 5.74) is 4.39. The van der Waals surface area contributed by atoms with Gasteiger partial charge >= 0.3 is 0 Å².